The highest BCUT2D eigenvalue weighted by atomic mass is 14.2. The van der Waals surface area contributed by atoms with Crippen LogP contribution in [0.5, 0.6) is 0 Å². The maximum Gasteiger partial charge on any atom is -0.0184 e. The van der Waals surface area contributed by atoms with Crippen molar-refractivity contribution in [3.63, 3.8) is 0 Å². The van der Waals surface area contributed by atoms with Gasteiger partial charge in [0.05, 0.1) is 0 Å². The molecule has 0 N–H and O–H groups in total. The molecule has 10 heavy (non-hydrogen) atoms. The summed E-state index contributed by atoms with van der Waals surface area (Å²) in [5, 5.41) is 0. The van der Waals surface area contributed by atoms with Gasteiger partial charge in [-0.2, -0.15) is 0 Å². The van der Waals surface area contributed by atoms with Crippen molar-refractivity contribution in [3.05, 3.63) is 35.4 Å². The number of hydrogen-bond donors (Lipinski definition) is 0. The lowest BCUT2D eigenvalue weighted by Crippen LogP contribution is -1.83. The molecule has 0 unspecified atom stereocenters. The van der Waals surface area contributed by atoms with E-state index in [2.05, 4.69) is 31.2 Å². The van der Waals surface area contributed by atoms with Gasteiger partial charge in [0, 0.05) is 0 Å². The van der Waals surface area contributed by atoms with Gasteiger partial charge >= 0.3 is 0 Å². The molecule has 0 saturated carbocycles. The molecule has 0 spiro atoms. The maximum absolute atomic E-state index is 2.31. The van der Waals surface area contributed by atoms with E-state index >= 15 is 0 Å². The zero-order chi connectivity index (χ0) is 6.97. The van der Waals surface area contributed by atoms with Crippen molar-refractivity contribution in [2.24, 2.45) is 0 Å². The molecule has 1 aromatic rings. The minimum Gasteiger partial charge on any atom is -0.0620 e. The Morgan fingerprint density at radius 1 is 1.30 bits per heavy atom. The second kappa shape index (κ2) is 2.12. The predicted molar refractivity (Wildman–Crippen MR) is 43.2 cm³/mol. The summed E-state index contributed by atoms with van der Waals surface area (Å²) in [6.45, 7) is 2.31. The molecule has 0 aliphatic heterocycles. The molecule has 0 fully saturated rings. The molecule has 0 heterocycles. The van der Waals surface area contributed by atoms with Crippen molar-refractivity contribution in [2.75, 3.05) is 0 Å². The molecule has 2 rings (SSSR count). The highest BCUT2D eigenvalue weighted by molar-refractivity contribution is 5.33. The lowest BCUT2D eigenvalue weighted by Gasteiger charge is -2.01. The summed E-state index contributed by atoms with van der Waals surface area (Å²) < 4.78 is 0. The van der Waals surface area contributed by atoms with E-state index in [4.69, 9.17) is 0 Å². The van der Waals surface area contributed by atoms with Gasteiger partial charge in [0.1, 0.15) is 0 Å². The van der Waals surface area contributed by atoms with E-state index < -0.39 is 0 Å². The summed E-state index contributed by atoms with van der Waals surface area (Å²) >= 11 is 0. The second-order valence-electron chi connectivity index (χ2n) is 3.14. The Kier molecular flexibility index (Phi) is 1.26. The Bertz CT molecular complexity index is 238. The average Bonchev–Trinajstić information content (AvgIpc) is 2.34. The molecule has 0 aromatic heterocycles. The maximum atomic E-state index is 2.31. The van der Waals surface area contributed by atoms with Crippen LogP contribution in [0.3, 0.4) is 0 Å². The highest BCUT2D eigenvalue weighted by Gasteiger charge is 2.16. The van der Waals surface area contributed by atoms with Crippen LogP contribution < -0.4 is 0 Å². The molecule has 0 heteroatoms. The van der Waals surface area contributed by atoms with E-state index in [0.29, 0.717) is 0 Å². The minimum atomic E-state index is 0.802. The van der Waals surface area contributed by atoms with Gasteiger partial charge in [-0.05, 0) is 29.9 Å². The topological polar surface area (TPSA) is 0 Å². The third-order valence-corrected chi connectivity index (χ3v) is 2.43. The van der Waals surface area contributed by atoms with E-state index in [0.717, 1.165) is 5.92 Å². The smallest absolute Gasteiger partial charge is 0.0184 e. The highest BCUT2D eigenvalue weighted by Crippen LogP contribution is 2.31. The Morgan fingerprint density at radius 2 is 2.10 bits per heavy atom. The van der Waals surface area contributed by atoms with Crippen molar-refractivity contribution in [3.8, 4) is 0 Å². The molecule has 0 radical (unpaired) electrons. The fourth-order valence-corrected chi connectivity index (χ4v) is 1.77. The van der Waals surface area contributed by atoms with Gasteiger partial charge in [-0.15, -0.1) is 0 Å². The summed E-state index contributed by atoms with van der Waals surface area (Å²) in [7, 11) is 0. The van der Waals surface area contributed by atoms with Gasteiger partial charge in [0.15, 0.2) is 0 Å². The molecule has 0 saturated heterocycles. The summed E-state index contributed by atoms with van der Waals surface area (Å²) in [4.78, 5) is 0. The quantitative estimate of drug-likeness (QED) is 0.509. The normalized spacial score (nSPS) is 22.7. The monoisotopic (exact) mass is 132 g/mol. The van der Waals surface area contributed by atoms with Crippen LogP contribution in [0.4, 0.5) is 0 Å². The van der Waals surface area contributed by atoms with Crippen molar-refractivity contribution in [1.82, 2.24) is 0 Å². The third kappa shape index (κ3) is 0.756. The van der Waals surface area contributed by atoms with Gasteiger partial charge in [0.2, 0.25) is 0 Å². The number of fused-ring (bicyclic) bond motifs is 1. The fraction of sp³-hybridized carbons (Fsp3) is 0.400. The molecule has 1 aliphatic carbocycles. The van der Waals surface area contributed by atoms with E-state index in [-0.39, 0.29) is 0 Å². The lowest BCUT2D eigenvalue weighted by molar-refractivity contribution is 0.747. The summed E-state index contributed by atoms with van der Waals surface area (Å²) in [5.41, 5.74) is 3.14. The molecule has 1 aromatic carbocycles. The van der Waals surface area contributed by atoms with Gasteiger partial charge < -0.3 is 0 Å². The van der Waals surface area contributed by atoms with Crippen LogP contribution in [0, 0.1) is 0 Å². The van der Waals surface area contributed by atoms with Crippen molar-refractivity contribution >= 4 is 0 Å². The van der Waals surface area contributed by atoms with E-state index in [1.165, 1.54) is 12.8 Å². The first-order valence-corrected chi connectivity index (χ1v) is 3.96. The standard InChI is InChI=1S/C10H12/c1-8-6-7-9-4-2-3-5-10(8)9/h2-5,8H,6-7H2,1H3/t8-/m1/s1. The van der Waals surface area contributed by atoms with Gasteiger partial charge in [-0.3, -0.25) is 0 Å². The molecule has 1 atom stereocenters. The molecule has 52 valence electrons. The molecule has 1 aliphatic rings. The zero-order valence-corrected chi connectivity index (χ0v) is 6.30. The van der Waals surface area contributed by atoms with Crippen molar-refractivity contribution in [1.29, 1.82) is 0 Å². The number of benzene rings is 1. The fourth-order valence-electron chi connectivity index (χ4n) is 1.77. The van der Waals surface area contributed by atoms with Crippen LogP contribution in [-0.4, -0.2) is 0 Å². The van der Waals surface area contributed by atoms with Crippen LogP contribution >= 0.6 is 0 Å². The summed E-state index contributed by atoms with van der Waals surface area (Å²) in [6.07, 6.45) is 2.64. The zero-order valence-electron chi connectivity index (χ0n) is 6.30. The van der Waals surface area contributed by atoms with E-state index in [1.54, 1.807) is 11.1 Å². The molecule has 0 bridgehead atoms. The first-order valence-electron chi connectivity index (χ1n) is 3.96. The summed E-state index contributed by atoms with van der Waals surface area (Å²) in [5.74, 6) is 0.802. The Hall–Kier alpha value is -0.780. The van der Waals surface area contributed by atoms with Gasteiger partial charge in [-0.25, -0.2) is 0 Å². The molecule has 0 nitrogen and oxygen atoms in total. The van der Waals surface area contributed by atoms with Crippen LogP contribution in [0.2, 0.25) is 0 Å². The number of rotatable bonds is 0. The van der Waals surface area contributed by atoms with Gasteiger partial charge in [0.25, 0.3) is 0 Å². The summed E-state index contributed by atoms with van der Waals surface area (Å²) in [6, 6.07) is 8.78. The molecule has 0 amide bonds. The minimum absolute atomic E-state index is 0.802. The first-order chi connectivity index (χ1) is 4.88. The van der Waals surface area contributed by atoms with Crippen molar-refractivity contribution < 1.29 is 0 Å². The van der Waals surface area contributed by atoms with Crippen molar-refractivity contribution in [2.45, 2.75) is 25.7 Å². The molecular weight excluding hydrogens is 120 g/mol. The SMILES string of the molecule is C[C@@H]1CCc2ccccc21. The van der Waals surface area contributed by atoms with Crippen LogP contribution in [0.1, 0.15) is 30.4 Å². The first kappa shape index (κ1) is 5.96. The largest absolute Gasteiger partial charge is 0.0620 e. The molecular formula is C10H12. The van der Waals surface area contributed by atoms with E-state index in [9.17, 15) is 0 Å². The predicted octanol–water partition coefficient (Wildman–Crippen LogP) is 2.74. The Balaban J connectivity index is 2.51. The van der Waals surface area contributed by atoms with E-state index in [1.807, 2.05) is 0 Å². The number of hydrogen-bond acceptors (Lipinski definition) is 0. The van der Waals surface area contributed by atoms with Gasteiger partial charge in [-0.1, -0.05) is 31.2 Å². The third-order valence-electron chi connectivity index (χ3n) is 2.43. The lowest BCUT2D eigenvalue weighted by atomic mass is 10.0. The Morgan fingerprint density at radius 3 is 2.90 bits per heavy atom. The number of aryl methyl sites for hydroxylation is 1. The van der Waals surface area contributed by atoms with Crippen LogP contribution in [-0.2, 0) is 6.42 Å². The average molecular weight is 132 g/mol. The van der Waals surface area contributed by atoms with Crippen LogP contribution in [0.25, 0.3) is 0 Å². The Labute approximate surface area is 61.9 Å². The second-order valence-corrected chi connectivity index (χ2v) is 3.14. The van der Waals surface area contributed by atoms with Crippen LogP contribution in [0.15, 0.2) is 24.3 Å².